The fourth-order valence-electron chi connectivity index (χ4n) is 2.64. The summed E-state index contributed by atoms with van der Waals surface area (Å²) in [5.41, 5.74) is 1.93. The van der Waals surface area contributed by atoms with Crippen molar-refractivity contribution in [1.82, 2.24) is 4.90 Å². The minimum Gasteiger partial charge on any atom is -0.497 e. The SMILES string of the molecule is COc1ccc(C(C)CC(=O)N(CC(=O)O)Cc2ccccc2)cc1. The van der Waals surface area contributed by atoms with E-state index in [1.165, 1.54) is 4.90 Å². The molecule has 25 heavy (non-hydrogen) atoms. The van der Waals surface area contributed by atoms with Gasteiger partial charge in [0.2, 0.25) is 5.91 Å². The average molecular weight is 341 g/mol. The number of methoxy groups -OCH3 is 1. The fourth-order valence-corrected chi connectivity index (χ4v) is 2.64. The second-order valence-corrected chi connectivity index (χ2v) is 6.01. The van der Waals surface area contributed by atoms with Crippen LogP contribution >= 0.6 is 0 Å². The molecule has 1 N–H and O–H groups in total. The summed E-state index contributed by atoms with van der Waals surface area (Å²) in [5, 5.41) is 9.11. The Balaban J connectivity index is 2.05. The van der Waals surface area contributed by atoms with E-state index < -0.39 is 5.97 Å². The monoisotopic (exact) mass is 341 g/mol. The minimum atomic E-state index is -1.01. The largest absolute Gasteiger partial charge is 0.497 e. The van der Waals surface area contributed by atoms with Gasteiger partial charge in [-0.1, -0.05) is 49.4 Å². The second kappa shape index (κ2) is 8.87. The van der Waals surface area contributed by atoms with Crippen molar-refractivity contribution in [3.05, 3.63) is 65.7 Å². The van der Waals surface area contributed by atoms with Gasteiger partial charge in [-0.3, -0.25) is 9.59 Å². The first kappa shape index (κ1) is 18.5. The standard InChI is InChI=1S/C20H23NO4/c1-15(17-8-10-18(25-2)11-9-17)12-19(22)21(14-20(23)24)13-16-6-4-3-5-7-16/h3-11,15H,12-14H2,1-2H3,(H,23,24). The highest BCUT2D eigenvalue weighted by Gasteiger charge is 2.20. The molecule has 1 unspecified atom stereocenters. The van der Waals surface area contributed by atoms with Gasteiger partial charge < -0.3 is 14.7 Å². The van der Waals surface area contributed by atoms with Crippen LogP contribution in [0.4, 0.5) is 0 Å². The molecule has 2 aromatic carbocycles. The molecule has 0 saturated carbocycles. The first-order valence-corrected chi connectivity index (χ1v) is 8.17. The van der Waals surface area contributed by atoms with Crippen molar-refractivity contribution >= 4 is 11.9 Å². The maximum Gasteiger partial charge on any atom is 0.323 e. The molecule has 0 bridgehead atoms. The lowest BCUT2D eigenvalue weighted by atomic mass is 9.97. The molecule has 1 atom stereocenters. The Kier molecular flexibility index (Phi) is 6.57. The topological polar surface area (TPSA) is 66.8 Å². The van der Waals surface area contributed by atoms with Crippen LogP contribution in [0.25, 0.3) is 0 Å². The van der Waals surface area contributed by atoms with Gasteiger partial charge in [0.05, 0.1) is 7.11 Å². The number of amides is 1. The minimum absolute atomic E-state index is 0.00882. The summed E-state index contributed by atoms with van der Waals surface area (Å²) in [7, 11) is 1.61. The highest BCUT2D eigenvalue weighted by Crippen LogP contribution is 2.23. The molecule has 1 amide bonds. The van der Waals surface area contributed by atoms with Gasteiger partial charge in [0.25, 0.3) is 0 Å². The van der Waals surface area contributed by atoms with Gasteiger partial charge in [-0.05, 0) is 29.2 Å². The first-order chi connectivity index (χ1) is 12.0. The van der Waals surface area contributed by atoms with E-state index in [2.05, 4.69) is 0 Å². The molecule has 0 spiro atoms. The number of carboxylic acid groups (broad SMARTS) is 1. The molecular formula is C20H23NO4. The molecule has 5 heteroatoms. The van der Waals surface area contributed by atoms with Gasteiger partial charge in [-0.25, -0.2) is 0 Å². The number of rotatable bonds is 8. The van der Waals surface area contributed by atoms with E-state index in [0.717, 1.165) is 16.9 Å². The maximum atomic E-state index is 12.6. The lowest BCUT2D eigenvalue weighted by Crippen LogP contribution is -2.35. The smallest absolute Gasteiger partial charge is 0.323 e. The Hall–Kier alpha value is -2.82. The van der Waals surface area contributed by atoms with E-state index in [9.17, 15) is 9.59 Å². The second-order valence-electron chi connectivity index (χ2n) is 6.01. The van der Waals surface area contributed by atoms with E-state index in [1.54, 1.807) is 7.11 Å². The third-order valence-electron chi connectivity index (χ3n) is 4.06. The molecule has 5 nitrogen and oxygen atoms in total. The predicted molar refractivity (Wildman–Crippen MR) is 95.5 cm³/mol. The molecule has 0 fully saturated rings. The molecule has 0 aliphatic carbocycles. The molecule has 2 rings (SSSR count). The van der Waals surface area contributed by atoms with Crippen LogP contribution in [0.3, 0.4) is 0 Å². The normalized spacial score (nSPS) is 11.6. The zero-order valence-electron chi connectivity index (χ0n) is 14.5. The third-order valence-corrected chi connectivity index (χ3v) is 4.06. The van der Waals surface area contributed by atoms with Crippen molar-refractivity contribution in [2.45, 2.75) is 25.8 Å². The van der Waals surface area contributed by atoms with Crippen molar-refractivity contribution in [3.8, 4) is 5.75 Å². The molecule has 132 valence electrons. The van der Waals surface area contributed by atoms with Crippen molar-refractivity contribution in [1.29, 1.82) is 0 Å². The quantitative estimate of drug-likeness (QED) is 0.800. The van der Waals surface area contributed by atoms with Gasteiger partial charge in [-0.15, -0.1) is 0 Å². The Morgan fingerprint density at radius 1 is 1.08 bits per heavy atom. The van der Waals surface area contributed by atoms with E-state index in [1.807, 2.05) is 61.5 Å². The van der Waals surface area contributed by atoms with Crippen molar-refractivity contribution in [2.75, 3.05) is 13.7 Å². The maximum absolute atomic E-state index is 12.6. The fraction of sp³-hybridized carbons (Fsp3) is 0.300. The molecule has 0 heterocycles. The van der Waals surface area contributed by atoms with Crippen LogP contribution in [0.15, 0.2) is 54.6 Å². The van der Waals surface area contributed by atoms with Crippen molar-refractivity contribution < 1.29 is 19.4 Å². The van der Waals surface area contributed by atoms with Crippen molar-refractivity contribution in [2.24, 2.45) is 0 Å². The molecule has 0 aromatic heterocycles. The lowest BCUT2D eigenvalue weighted by Gasteiger charge is -2.23. The average Bonchev–Trinajstić information content (AvgIpc) is 2.61. The summed E-state index contributed by atoms with van der Waals surface area (Å²) >= 11 is 0. The number of ether oxygens (including phenoxy) is 1. The molecule has 0 aliphatic rings. The number of nitrogens with zero attached hydrogens (tertiary/aromatic N) is 1. The van der Waals surface area contributed by atoms with E-state index in [0.29, 0.717) is 6.54 Å². The van der Waals surface area contributed by atoms with Crippen LogP contribution in [0, 0.1) is 0 Å². The Bertz CT molecular complexity index is 697. The summed E-state index contributed by atoms with van der Waals surface area (Å²) in [5.74, 6) is -0.430. The summed E-state index contributed by atoms with van der Waals surface area (Å²) in [6.45, 7) is 1.95. The Labute approximate surface area is 147 Å². The van der Waals surface area contributed by atoms with Crippen LogP contribution in [0.1, 0.15) is 30.4 Å². The van der Waals surface area contributed by atoms with Crippen LogP contribution in [-0.4, -0.2) is 35.5 Å². The zero-order valence-corrected chi connectivity index (χ0v) is 14.5. The highest BCUT2D eigenvalue weighted by atomic mass is 16.5. The van der Waals surface area contributed by atoms with Gasteiger partial charge in [0.1, 0.15) is 12.3 Å². The van der Waals surface area contributed by atoms with Crippen LogP contribution < -0.4 is 4.74 Å². The predicted octanol–water partition coefficient (Wildman–Crippen LogP) is 3.30. The number of hydrogen-bond donors (Lipinski definition) is 1. The molecule has 2 aromatic rings. The van der Waals surface area contributed by atoms with Crippen LogP contribution in [-0.2, 0) is 16.1 Å². The van der Waals surface area contributed by atoms with Gasteiger partial charge in [-0.2, -0.15) is 0 Å². The molecule has 0 saturated heterocycles. The summed E-state index contributed by atoms with van der Waals surface area (Å²) in [4.78, 5) is 25.1. The van der Waals surface area contributed by atoms with E-state index in [4.69, 9.17) is 9.84 Å². The molecular weight excluding hydrogens is 318 g/mol. The van der Waals surface area contributed by atoms with Gasteiger partial charge >= 0.3 is 5.97 Å². The lowest BCUT2D eigenvalue weighted by molar-refractivity contribution is -0.145. The first-order valence-electron chi connectivity index (χ1n) is 8.17. The van der Waals surface area contributed by atoms with Crippen molar-refractivity contribution in [3.63, 3.8) is 0 Å². The van der Waals surface area contributed by atoms with Gasteiger partial charge in [0.15, 0.2) is 0 Å². The summed E-state index contributed by atoms with van der Waals surface area (Å²) in [6, 6.07) is 17.0. The molecule has 0 aliphatic heterocycles. The number of benzene rings is 2. The number of hydrogen-bond acceptors (Lipinski definition) is 3. The Morgan fingerprint density at radius 2 is 1.72 bits per heavy atom. The number of carboxylic acids is 1. The number of aliphatic carboxylic acids is 1. The highest BCUT2D eigenvalue weighted by molar-refractivity contribution is 5.81. The van der Waals surface area contributed by atoms with Crippen LogP contribution in [0.5, 0.6) is 5.75 Å². The van der Waals surface area contributed by atoms with Gasteiger partial charge in [0, 0.05) is 13.0 Å². The summed E-state index contributed by atoms with van der Waals surface area (Å²) in [6.07, 6.45) is 0.256. The summed E-state index contributed by atoms with van der Waals surface area (Å²) < 4.78 is 5.14. The van der Waals surface area contributed by atoms with Crippen LogP contribution in [0.2, 0.25) is 0 Å². The third kappa shape index (κ3) is 5.64. The number of carbonyl (C=O) groups excluding carboxylic acids is 1. The zero-order chi connectivity index (χ0) is 18.2. The Morgan fingerprint density at radius 3 is 2.28 bits per heavy atom. The number of carbonyl (C=O) groups is 2. The van der Waals surface area contributed by atoms with E-state index >= 15 is 0 Å². The van der Waals surface area contributed by atoms with E-state index in [-0.39, 0.29) is 24.8 Å². The molecule has 0 radical (unpaired) electrons.